The fourth-order valence-electron chi connectivity index (χ4n) is 2.16. The van der Waals surface area contributed by atoms with Gasteiger partial charge in [-0.1, -0.05) is 0 Å². The van der Waals surface area contributed by atoms with Gasteiger partial charge < -0.3 is 4.74 Å². The molecule has 1 unspecified atom stereocenters. The highest BCUT2D eigenvalue weighted by atomic mass is 19.4. The standard InChI is InChI=1S/C9H10F3NO/c10-9(11,12)6-1-3-8(4-2-6)7(5-13)14-8/h6-7H,1-4H2. The Hall–Kier alpha value is -0.760. The minimum atomic E-state index is -4.08. The van der Waals surface area contributed by atoms with Crippen LogP contribution in [0, 0.1) is 17.2 Å². The molecule has 1 atom stereocenters. The first-order valence-corrected chi connectivity index (χ1v) is 4.62. The fraction of sp³-hybridized carbons (Fsp3) is 0.889. The van der Waals surface area contributed by atoms with Gasteiger partial charge in [0.05, 0.1) is 12.0 Å². The molecular weight excluding hydrogens is 195 g/mol. The summed E-state index contributed by atoms with van der Waals surface area (Å²) in [6.45, 7) is 0. The van der Waals surface area contributed by atoms with E-state index in [0.717, 1.165) is 0 Å². The molecule has 1 aliphatic heterocycles. The van der Waals surface area contributed by atoms with Crippen LogP contribution < -0.4 is 0 Å². The Bertz CT molecular complexity index is 273. The molecular formula is C9H10F3NO. The quantitative estimate of drug-likeness (QED) is 0.569. The van der Waals surface area contributed by atoms with Crippen molar-refractivity contribution in [3.63, 3.8) is 0 Å². The highest BCUT2D eigenvalue weighted by Crippen LogP contribution is 2.51. The SMILES string of the molecule is N#CC1OC12CCC(C(F)(F)F)CC2. The van der Waals surface area contributed by atoms with Gasteiger partial charge in [-0.3, -0.25) is 0 Å². The molecule has 0 N–H and O–H groups in total. The van der Waals surface area contributed by atoms with Crippen LogP contribution in [0.3, 0.4) is 0 Å². The zero-order valence-corrected chi connectivity index (χ0v) is 7.47. The van der Waals surface area contributed by atoms with E-state index in [-0.39, 0.29) is 12.8 Å². The Labute approximate surface area is 79.6 Å². The predicted octanol–water partition coefficient (Wildman–Crippen LogP) is 2.40. The topological polar surface area (TPSA) is 36.3 Å². The van der Waals surface area contributed by atoms with Gasteiger partial charge >= 0.3 is 6.18 Å². The van der Waals surface area contributed by atoms with Crippen LogP contribution in [0.15, 0.2) is 0 Å². The summed E-state index contributed by atoms with van der Waals surface area (Å²) >= 11 is 0. The molecule has 0 amide bonds. The second-order valence-electron chi connectivity index (χ2n) is 4.01. The van der Waals surface area contributed by atoms with Gasteiger partial charge in [-0.2, -0.15) is 18.4 Å². The zero-order valence-electron chi connectivity index (χ0n) is 7.47. The maximum Gasteiger partial charge on any atom is 0.391 e. The number of nitriles is 1. The van der Waals surface area contributed by atoms with Crippen LogP contribution in [-0.4, -0.2) is 17.9 Å². The third-order valence-corrected chi connectivity index (χ3v) is 3.19. The monoisotopic (exact) mass is 205 g/mol. The maximum absolute atomic E-state index is 12.3. The van der Waals surface area contributed by atoms with Crippen molar-refractivity contribution in [1.29, 1.82) is 5.26 Å². The first-order chi connectivity index (χ1) is 6.48. The molecule has 2 nitrogen and oxygen atoms in total. The van der Waals surface area contributed by atoms with Crippen molar-refractivity contribution >= 4 is 0 Å². The van der Waals surface area contributed by atoms with Crippen LogP contribution in [0.2, 0.25) is 0 Å². The molecule has 0 aromatic heterocycles. The number of hydrogen-bond acceptors (Lipinski definition) is 2. The Morgan fingerprint density at radius 3 is 2.21 bits per heavy atom. The Kier molecular flexibility index (Phi) is 2.00. The molecule has 2 fully saturated rings. The molecule has 2 rings (SSSR count). The lowest BCUT2D eigenvalue weighted by molar-refractivity contribution is -0.184. The van der Waals surface area contributed by atoms with E-state index in [1.54, 1.807) is 0 Å². The van der Waals surface area contributed by atoms with Crippen LogP contribution in [-0.2, 0) is 4.74 Å². The molecule has 2 aliphatic rings. The molecule has 0 bridgehead atoms. The van der Waals surface area contributed by atoms with Crippen molar-refractivity contribution in [2.24, 2.45) is 5.92 Å². The van der Waals surface area contributed by atoms with Gasteiger partial charge in [0.2, 0.25) is 0 Å². The highest BCUT2D eigenvalue weighted by Gasteiger charge is 2.60. The summed E-state index contributed by atoms with van der Waals surface area (Å²) in [5.41, 5.74) is -0.517. The molecule has 5 heteroatoms. The van der Waals surface area contributed by atoms with Gasteiger partial charge in [-0.15, -0.1) is 0 Å². The average Bonchev–Trinajstić information content (AvgIpc) is 2.78. The van der Waals surface area contributed by atoms with Crippen LogP contribution in [0.25, 0.3) is 0 Å². The average molecular weight is 205 g/mol. The fourth-order valence-corrected chi connectivity index (χ4v) is 2.16. The number of alkyl halides is 3. The van der Waals surface area contributed by atoms with Crippen LogP contribution in [0.1, 0.15) is 25.7 Å². The zero-order chi connectivity index (χ0) is 10.4. The van der Waals surface area contributed by atoms with E-state index in [2.05, 4.69) is 0 Å². The van der Waals surface area contributed by atoms with Gasteiger partial charge in [0.1, 0.15) is 5.60 Å². The van der Waals surface area contributed by atoms with Gasteiger partial charge in [0, 0.05) is 0 Å². The number of ether oxygens (including phenoxy) is 1. The normalized spacial score (nSPS) is 42.1. The minimum Gasteiger partial charge on any atom is -0.350 e. The van der Waals surface area contributed by atoms with E-state index in [9.17, 15) is 13.2 Å². The summed E-state index contributed by atoms with van der Waals surface area (Å²) in [4.78, 5) is 0. The van der Waals surface area contributed by atoms with Crippen LogP contribution >= 0.6 is 0 Å². The predicted molar refractivity (Wildman–Crippen MR) is 41.2 cm³/mol. The highest BCUT2D eigenvalue weighted by molar-refractivity contribution is 5.15. The van der Waals surface area contributed by atoms with Crippen molar-refractivity contribution in [3.8, 4) is 6.07 Å². The first-order valence-electron chi connectivity index (χ1n) is 4.62. The lowest BCUT2D eigenvalue weighted by atomic mass is 9.80. The smallest absolute Gasteiger partial charge is 0.350 e. The minimum absolute atomic E-state index is 0.0989. The van der Waals surface area contributed by atoms with E-state index in [4.69, 9.17) is 10.00 Å². The Morgan fingerprint density at radius 1 is 1.29 bits per heavy atom. The molecule has 1 saturated carbocycles. The van der Waals surface area contributed by atoms with E-state index >= 15 is 0 Å². The van der Waals surface area contributed by atoms with Crippen LogP contribution in [0.5, 0.6) is 0 Å². The molecule has 78 valence electrons. The molecule has 1 aliphatic carbocycles. The molecule has 0 aromatic carbocycles. The molecule has 1 saturated heterocycles. The number of halogens is 3. The van der Waals surface area contributed by atoms with Gasteiger partial charge in [-0.25, -0.2) is 0 Å². The lowest BCUT2D eigenvalue weighted by Gasteiger charge is -2.27. The molecule has 0 radical (unpaired) electrons. The largest absolute Gasteiger partial charge is 0.391 e. The Morgan fingerprint density at radius 2 is 1.86 bits per heavy atom. The van der Waals surface area contributed by atoms with E-state index < -0.39 is 23.8 Å². The van der Waals surface area contributed by atoms with E-state index in [0.29, 0.717) is 12.8 Å². The Balaban J connectivity index is 1.92. The lowest BCUT2D eigenvalue weighted by Crippen LogP contribution is -2.32. The summed E-state index contributed by atoms with van der Waals surface area (Å²) in [6, 6.07) is 1.95. The molecule has 0 aromatic rings. The summed E-state index contributed by atoms with van der Waals surface area (Å²) in [7, 11) is 0. The first kappa shape index (κ1) is 9.78. The third kappa shape index (κ3) is 1.48. The summed E-state index contributed by atoms with van der Waals surface area (Å²) in [5.74, 6) is -1.20. The second-order valence-corrected chi connectivity index (χ2v) is 4.01. The van der Waals surface area contributed by atoms with E-state index in [1.807, 2.05) is 6.07 Å². The van der Waals surface area contributed by atoms with Gasteiger partial charge in [0.15, 0.2) is 6.10 Å². The van der Waals surface area contributed by atoms with Crippen molar-refractivity contribution < 1.29 is 17.9 Å². The van der Waals surface area contributed by atoms with Crippen molar-refractivity contribution in [2.45, 2.75) is 43.6 Å². The van der Waals surface area contributed by atoms with Gasteiger partial charge in [0.25, 0.3) is 0 Å². The second kappa shape index (κ2) is 2.86. The van der Waals surface area contributed by atoms with Crippen LogP contribution in [0.4, 0.5) is 13.2 Å². The summed E-state index contributed by atoms with van der Waals surface area (Å²) in [5, 5.41) is 8.55. The number of hydrogen-bond donors (Lipinski definition) is 0. The molecule has 14 heavy (non-hydrogen) atoms. The summed E-state index contributed by atoms with van der Waals surface area (Å²) in [6.07, 6.45) is -3.61. The maximum atomic E-state index is 12.3. The third-order valence-electron chi connectivity index (χ3n) is 3.19. The van der Waals surface area contributed by atoms with E-state index in [1.165, 1.54) is 0 Å². The van der Waals surface area contributed by atoms with Crippen molar-refractivity contribution in [3.05, 3.63) is 0 Å². The molecule has 1 spiro atoms. The summed E-state index contributed by atoms with van der Waals surface area (Å²) < 4.78 is 42.0. The number of nitrogens with zero attached hydrogens (tertiary/aromatic N) is 1. The van der Waals surface area contributed by atoms with Gasteiger partial charge in [-0.05, 0) is 25.7 Å². The molecule has 1 heterocycles. The van der Waals surface area contributed by atoms with Crippen molar-refractivity contribution in [2.75, 3.05) is 0 Å². The number of epoxide rings is 1. The van der Waals surface area contributed by atoms with Crippen molar-refractivity contribution in [1.82, 2.24) is 0 Å². The number of rotatable bonds is 0.